The molecule has 2 amide bonds. The number of benzene rings is 2. The number of thioether (sulfide) groups is 1. The van der Waals surface area contributed by atoms with E-state index in [2.05, 4.69) is 0 Å². The Bertz CT molecular complexity index is 924. The molecule has 0 N–H and O–H groups in total. The molecule has 7 heteroatoms. The Hall–Kier alpha value is -2.44. The lowest BCUT2D eigenvalue weighted by molar-refractivity contribution is -0.123. The third-order valence-corrected chi connectivity index (χ3v) is 5.35. The number of carbonyl (C=O) groups is 2. The van der Waals surface area contributed by atoms with Crippen molar-refractivity contribution in [2.45, 2.75) is 13.5 Å². The number of hydrogen-bond donors (Lipinski definition) is 0. The van der Waals surface area contributed by atoms with E-state index < -0.39 is 0 Å². The number of halogens is 1. The Morgan fingerprint density at radius 1 is 1.07 bits per heavy atom. The summed E-state index contributed by atoms with van der Waals surface area (Å²) in [4.78, 5) is 26.6. The van der Waals surface area contributed by atoms with Crippen molar-refractivity contribution >= 4 is 40.6 Å². The Labute approximate surface area is 166 Å². The van der Waals surface area contributed by atoms with Gasteiger partial charge in [-0.15, -0.1) is 0 Å². The zero-order valence-corrected chi connectivity index (χ0v) is 16.7. The molecule has 0 atom stereocenters. The van der Waals surface area contributed by atoms with Crippen LogP contribution in [0.3, 0.4) is 0 Å². The molecule has 140 valence electrons. The van der Waals surface area contributed by atoms with Crippen LogP contribution in [0.25, 0.3) is 6.08 Å². The van der Waals surface area contributed by atoms with Gasteiger partial charge < -0.3 is 9.47 Å². The van der Waals surface area contributed by atoms with E-state index in [1.54, 1.807) is 50.6 Å². The molecule has 0 bridgehead atoms. The summed E-state index contributed by atoms with van der Waals surface area (Å²) in [6.07, 6.45) is 1.71. The van der Waals surface area contributed by atoms with E-state index in [1.165, 1.54) is 4.90 Å². The molecule has 0 aromatic heterocycles. The van der Waals surface area contributed by atoms with E-state index in [0.29, 0.717) is 21.4 Å². The van der Waals surface area contributed by atoms with Crippen LogP contribution in [0.2, 0.25) is 5.02 Å². The summed E-state index contributed by atoms with van der Waals surface area (Å²) in [7, 11) is 3.12. The first kappa shape index (κ1) is 19.3. The van der Waals surface area contributed by atoms with Gasteiger partial charge in [-0.2, -0.15) is 0 Å². The summed E-state index contributed by atoms with van der Waals surface area (Å²) in [5, 5.41) is 0.316. The number of ether oxygens (including phenoxy) is 2. The fraction of sp³-hybridized carbons (Fsp3) is 0.200. The molecule has 2 aromatic carbocycles. The minimum absolute atomic E-state index is 0.212. The average Bonchev–Trinajstić information content (AvgIpc) is 2.92. The second-order valence-corrected chi connectivity index (χ2v) is 7.39. The molecule has 3 rings (SSSR count). The number of carbonyl (C=O) groups excluding carboxylic acids is 2. The zero-order valence-electron chi connectivity index (χ0n) is 15.1. The number of amides is 2. The van der Waals surface area contributed by atoms with Gasteiger partial charge in [0.2, 0.25) is 0 Å². The fourth-order valence-electron chi connectivity index (χ4n) is 2.70. The van der Waals surface area contributed by atoms with Gasteiger partial charge in [-0.3, -0.25) is 14.5 Å². The van der Waals surface area contributed by atoms with Crippen molar-refractivity contribution in [3.63, 3.8) is 0 Å². The van der Waals surface area contributed by atoms with Crippen LogP contribution in [0.1, 0.15) is 16.7 Å². The van der Waals surface area contributed by atoms with Crippen LogP contribution in [0.4, 0.5) is 4.79 Å². The van der Waals surface area contributed by atoms with Gasteiger partial charge in [0, 0.05) is 5.02 Å². The van der Waals surface area contributed by atoms with Gasteiger partial charge in [0.05, 0.1) is 25.7 Å². The quantitative estimate of drug-likeness (QED) is 0.664. The van der Waals surface area contributed by atoms with Crippen LogP contribution < -0.4 is 9.47 Å². The summed E-state index contributed by atoms with van der Waals surface area (Å²) in [5.74, 6) is 0.867. The first-order chi connectivity index (χ1) is 12.9. The molecular formula is C20H18ClNO4S. The number of imide groups is 1. The van der Waals surface area contributed by atoms with E-state index in [0.717, 1.165) is 28.5 Å². The SMILES string of the molecule is COc1cc(C)c(/C=C2\SC(=O)N(Cc3ccc(Cl)cc3)C2=O)cc1OC. The third kappa shape index (κ3) is 4.12. The molecule has 0 radical (unpaired) electrons. The van der Waals surface area contributed by atoms with Crippen LogP contribution in [0, 0.1) is 6.92 Å². The highest BCUT2D eigenvalue weighted by Crippen LogP contribution is 2.36. The maximum Gasteiger partial charge on any atom is 0.293 e. The number of aryl methyl sites for hydroxylation is 1. The van der Waals surface area contributed by atoms with E-state index >= 15 is 0 Å². The molecular weight excluding hydrogens is 386 g/mol. The molecule has 0 saturated carbocycles. The van der Waals surface area contributed by atoms with Gasteiger partial charge in [-0.1, -0.05) is 23.7 Å². The Morgan fingerprint density at radius 3 is 2.33 bits per heavy atom. The lowest BCUT2D eigenvalue weighted by Gasteiger charge is -2.12. The lowest BCUT2D eigenvalue weighted by Crippen LogP contribution is -2.27. The maximum atomic E-state index is 12.7. The summed E-state index contributed by atoms with van der Waals surface area (Å²) < 4.78 is 10.6. The molecule has 0 spiro atoms. The van der Waals surface area contributed by atoms with Crippen molar-refractivity contribution < 1.29 is 19.1 Å². The van der Waals surface area contributed by atoms with E-state index in [-0.39, 0.29) is 17.7 Å². The van der Waals surface area contributed by atoms with Gasteiger partial charge in [-0.05, 0) is 65.7 Å². The number of nitrogens with zero attached hydrogens (tertiary/aromatic N) is 1. The molecule has 5 nitrogen and oxygen atoms in total. The maximum absolute atomic E-state index is 12.7. The van der Waals surface area contributed by atoms with Crippen molar-refractivity contribution in [1.29, 1.82) is 0 Å². The summed E-state index contributed by atoms with van der Waals surface area (Å²) >= 11 is 6.81. The second kappa shape index (κ2) is 8.06. The molecule has 1 saturated heterocycles. The van der Waals surface area contributed by atoms with Gasteiger partial charge in [0.15, 0.2) is 11.5 Å². The normalized spacial score (nSPS) is 15.6. The second-order valence-electron chi connectivity index (χ2n) is 5.96. The Kier molecular flexibility index (Phi) is 5.77. The molecule has 27 heavy (non-hydrogen) atoms. The van der Waals surface area contributed by atoms with Crippen molar-refractivity contribution in [1.82, 2.24) is 4.90 Å². The van der Waals surface area contributed by atoms with Crippen molar-refractivity contribution in [2.75, 3.05) is 14.2 Å². The molecule has 1 aliphatic rings. The summed E-state index contributed by atoms with van der Waals surface area (Å²) in [5.41, 5.74) is 2.55. The fourth-order valence-corrected chi connectivity index (χ4v) is 3.66. The van der Waals surface area contributed by atoms with Crippen molar-refractivity contribution in [3.8, 4) is 11.5 Å². The minimum Gasteiger partial charge on any atom is -0.493 e. The largest absolute Gasteiger partial charge is 0.493 e. The van der Waals surface area contributed by atoms with E-state index in [9.17, 15) is 9.59 Å². The number of rotatable bonds is 5. The monoisotopic (exact) mass is 403 g/mol. The van der Waals surface area contributed by atoms with Gasteiger partial charge >= 0.3 is 0 Å². The van der Waals surface area contributed by atoms with Crippen molar-refractivity contribution in [2.24, 2.45) is 0 Å². The lowest BCUT2D eigenvalue weighted by atomic mass is 10.1. The van der Waals surface area contributed by atoms with Gasteiger partial charge in [0.1, 0.15) is 0 Å². The molecule has 1 aliphatic heterocycles. The summed E-state index contributed by atoms with van der Waals surface area (Å²) in [6.45, 7) is 2.12. The summed E-state index contributed by atoms with van der Waals surface area (Å²) in [6, 6.07) is 10.7. The standard InChI is InChI=1S/C20H18ClNO4S/c1-12-8-16(25-2)17(26-3)9-14(12)10-18-19(23)22(20(24)27-18)11-13-4-6-15(21)7-5-13/h4-10H,11H2,1-3H3/b18-10-. The smallest absolute Gasteiger partial charge is 0.293 e. The van der Waals surface area contributed by atoms with Crippen LogP contribution >= 0.6 is 23.4 Å². The minimum atomic E-state index is -0.311. The molecule has 0 aliphatic carbocycles. The van der Waals surface area contributed by atoms with E-state index in [4.69, 9.17) is 21.1 Å². The Balaban J connectivity index is 1.87. The highest BCUT2D eigenvalue weighted by Gasteiger charge is 2.35. The Morgan fingerprint density at radius 2 is 1.70 bits per heavy atom. The van der Waals surface area contributed by atoms with Crippen LogP contribution in [-0.4, -0.2) is 30.3 Å². The predicted octanol–water partition coefficient (Wildman–Crippen LogP) is 4.90. The average molecular weight is 404 g/mol. The van der Waals surface area contributed by atoms with Gasteiger partial charge in [0.25, 0.3) is 11.1 Å². The molecule has 2 aromatic rings. The molecule has 1 heterocycles. The number of hydrogen-bond acceptors (Lipinski definition) is 5. The first-order valence-electron chi connectivity index (χ1n) is 8.15. The zero-order chi connectivity index (χ0) is 19.6. The highest BCUT2D eigenvalue weighted by atomic mass is 35.5. The molecule has 1 fully saturated rings. The van der Waals surface area contributed by atoms with E-state index in [1.807, 2.05) is 13.0 Å². The van der Waals surface area contributed by atoms with Gasteiger partial charge in [-0.25, -0.2) is 0 Å². The van der Waals surface area contributed by atoms with Crippen molar-refractivity contribution in [3.05, 3.63) is 63.0 Å². The topological polar surface area (TPSA) is 55.8 Å². The highest BCUT2D eigenvalue weighted by molar-refractivity contribution is 8.18. The number of methoxy groups -OCH3 is 2. The third-order valence-electron chi connectivity index (χ3n) is 4.19. The molecule has 0 unspecified atom stereocenters. The first-order valence-corrected chi connectivity index (χ1v) is 9.35. The predicted molar refractivity (Wildman–Crippen MR) is 107 cm³/mol. The van der Waals surface area contributed by atoms with Crippen LogP contribution in [0.15, 0.2) is 41.3 Å². The van der Waals surface area contributed by atoms with Crippen LogP contribution in [-0.2, 0) is 11.3 Å². The van der Waals surface area contributed by atoms with Crippen LogP contribution in [0.5, 0.6) is 11.5 Å².